The first-order valence-corrected chi connectivity index (χ1v) is 8.87. The molecule has 6 nitrogen and oxygen atoms in total. The quantitative estimate of drug-likeness (QED) is 0.822. The Morgan fingerprint density at radius 2 is 1.75 bits per heavy atom. The number of fused-ring (bicyclic) bond motifs is 1. The molecule has 0 radical (unpaired) electrons. The molecule has 28 heavy (non-hydrogen) atoms. The molecule has 1 N–H and O–H groups in total. The van der Waals surface area contributed by atoms with Crippen molar-refractivity contribution >= 4 is 17.5 Å². The second-order valence-corrected chi connectivity index (χ2v) is 7.68. The van der Waals surface area contributed by atoms with Gasteiger partial charge in [0.25, 0.3) is 0 Å². The molecular formula is C22H23NO5. The lowest BCUT2D eigenvalue weighted by molar-refractivity contribution is -0.141. The molecule has 1 aliphatic heterocycles. The molecule has 2 aromatic carbocycles. The van der Waals surface area contributed by atoms with E-state index in [1.54, 1.807) is 18.2 Å². The zero-order valence-electron chi connectivity index (χ0n) is 16.6. The van der Waals surface area contributed by atoms with E-state index in [1.165, 1.54) is 20.3 Å². The monoisotopic (exact) mass is 381 g/mol. The highest BCUT2D eigenvalue weighted by Crippen LogP contribution is 2.46. The Kier molecular flexibility index (Phi) is 4.75. The van der Waals surface area contributed by atoms with Gasteiger partial charge in [-0.1, -0.05) is 45.0 Å². The molecule has 1 heterocycles. The van der Waals surface area contributed by atoms with Crippen molar-refractivity contribution in [2.75, 3.05) is 14.2 Å². The SMILES string of the molecule is COC(=O)c1cc(C2(C(=O)O)N=c3ccccc3=C2C(C)(C)C)ccc1OC. The van der Waals surface area contributed by atoms with Gasteiger partial charge in [0.1, 0.15) is 11.3 Å². The molecule has 0 saturated heterocycles. The van der Waals surface area contributed by atoms with Crippen molar-refractivity contribution in [1.82, 2.24) is 0 Å². The summed E-state index contributed by atoms with van der Waals surface area (Å²) >= 11 is 0. The van der Waals surface area contributed by atoms with Gasteiger partial charge in [0.05, 0.1) is 19.6 Å². The molecule has 2 aromatic rings. The molecule has 6 heteroatoms. The van der Waals surface area contributed by atoms with Crippen LogP contribution in [0.3, 0.4) is 0 Å². The summed E-state index contributed by atoms with van der Waals surface area (Å²) in [5.74, 6) is -1.40. The lowest BCUT2D eigenvalue weighted by atomic mass is 9.71. The summed E-state index contributed by atoms with van der Waals surface area (Å²) in [5.41, 5.74) is -0.925. The van der Waals surface area contributed by atoms with Crippen molar-refractivity contribution in [3.8, 4) is 5.75 Å². The summed E-state index contributed by atoms with van der Waals surface area (Å²) in [6.45, 7) is 5.88. The molecule has 146 valence electrons. The van der Waals surface area contributed by atoms with Crippen molar-refractivity contribution in [3.05, 3.63) is 64.2 Å². The largest absolute Gasteiger partial charge is 0.496 e. The van der Waals surface area contributed by atoms with Crippen LogP contribution in [-0.2, 0) is 15.1 Å². The number of para-hydroxylation sites is 1. The highest BCUT2D eigenvalue weighted by Gasteiger charge is 2.50. The number of esters is 1. The number of aliphatic carboxylic acids is 1. The molecule has 1 aliphatic rings. The fourth-order valence-electron chi connectivity index (χ4n) is 3.85. The molecular weight excluding hydrogens is 358 g/mol. The summed E-state index contributed by atoms with van der Waals surface area (Å²) in [7, 11) is 2.71. The number of carboxylic acids is 1. The Morgan fingerprint density at radius 1 is 1.07 bits per heavy atom. The predicted octanol–water partition coefficient (Wildman–Crippen LogP) is 2.29. The third-order valence-electron chi connectivity index (χ3n) is 4.91. The first-order valence-electron chi connectivity index (χ1n) is 8.87. The van der Waals surface area contributed by atoms with E-state index in [2.05, 4.69) is 4.99 Å². The molecule has 0 aliphatic carbocycles. The minimum absolute atomic E-state index is 0.155. The van der Waals surface area contributed by atoms with Crippen LogP contribution in [0.2, 0.25) is 0 Å². The van der Waals surface area contributed by atoms with Crippen LogP contribution < -0.4 is 15.3 Å². The van der Waals surface area contributed by atoms with Gasteiger partial charge in [-0.25, -0.2) is 9.59 Å². The van der Waals surface area contributed by atoms with Gasteiger partial charge in [0, 0.05) is 5.22 Å². The number of carbonyl (C=O) groups excluding carboxylic acids is 1. The molecule has 3 rings (SSSR count). The molecule has 0 spiro atoms. The van der Waals surface area contributed by atoms with E-state index in [4.69, 9.17) is 9.47 Å². The van der Waals surface area contributed by atoms with E-state index in [0.717, 1.165) is 5.22 Å². The highest BCUT2D eigenvalue weighted by molar-refractivity contribution is 5.98. The number of rotatable bonds is 4. The summed E-state index contributed by atoms with van der Waals surface area (Å²) in [6.07, 6.45) is 0. The molecule has 0 fully saturated rings. The van der Waals surface area contributed by atoms with Gasteiger partial charge in [-0.3, -0.25) is 4.99 Å². The summed E-state index contributed by atoms with van der Waals surface area (Å²) in [4.78, 5) is 29.6. The van der Waals surface area contributed by atoms with Gasteiger partial charge in [-0.05, 0) is 34.8 Å². The van der Waals surface area contributed by atoms with Crippen molar-refractivity contribution in [2.45, 2.75) is 26.3 Å². The number of hydrogen-bond donors (Lipinski definition) is 1. The van der Waals surface area contributed by atoms with E-state index in [9.17, 15) is 14.7 Å². The van der Waals surface area contributed by atoms with Crippen LogP contribution in [-0.4, -0.2) is 31.3 Å². The summed E-state index contributed by atoms with van der Waals surface area (Å²) < 4.78 is 10.1. The molecule has 1 unspecified atom stereocenters. The van der Waals surface area contributed by atoms with Crippen molar-refractivity contribution in [3.63, 3.8) is 0 Å². The van der Waals surface area contributed by atoms with E-state index >= 15 is 0 Å². The standard InChI is InChI=1S/C22H23NO5/c1-21(2,3)18-14-8-6-7-9-16(14)23-22(18,20(25)26)13-10-11-17(27-4)15(12-13)19(24)28-5/h6-12H,1-5H3,(H,25,26). The maximum absolute atomic E-state index is 12.7. The van der Waals surface area contributed by atoms with Crippen LogP contribution in [0.25, 0.3) is 5.57 Å². The van der Waals surface area contributed by atoms with Gasteiger partial charge in [0.2, 0.25) is 5.54 Å². The van der Waals surface area contributed by atoms with Crippen molar-refractivity contribution in [1.29, 1.82) is 0 Å². The average Bonchev–Trinajstić information content (AvgIpc) is 3.03. The smallest absolute Gasteiger partial charge is 0.341 e. The van der Waals surface area contributed by atoms with Crippen LogP contribution in [0, 0.1) is 5.41 Å². The number of carboxylic acid groups (broad SMARTS) is 1. The van der Waals surface area contributed by atoms with Crippen molar-refractivity contribution < 1.29 is 24.2 Å². The lowest BCUT2D eigenvalue weighted by Gasteiger charge is -2.34. The second kappa shape index (κ2) is 6.78. The van der Waals surface area contributed by atoms with Gasteiger partial charge >= 0.3 is 11.9 Å². The van der Waals surface area contributed by atoms with Crippen LogP contribution in [0.1, 0.15) is 36.7 Å². The minimum atomic E-state index is -1.64. The van der Waals surface area contributed by atoms with Crippen LogP contribution in [0.4, 0.5) is 0 Å². The predicted molar refractivity (Wildman–Crippen MR) is 104 cm³/mol. The highest BCUT2D eigenvalue weighted by atomic mass is 16.5. The first-order chi connectivity index (χ1) is 13.2. The van der Waals surface area contributed by atoms with Crippen LogP contribution in [0.15, 0.2) is 47.5 Å². The van der Waals surface area contributed by atoms with E-state index in [1.807, 2.05) is 39.0 Å². The Labute approximate surface area is 163 Å². The molecule has 0 saturated carbocycles. The van der Waals surface area contributed by atoms with E-state index in [-0.39, 0.29) is 5.56 Å². The number of carbonyl (C=O) groups is 2. The number of nitrogens with zero attached hydrogens (tertiary/aromatic N) is 1. The zero-order chi connectivity index (χ0) is 20.7. The van der Waals surface area contributed by atoms with Gasteiger partial charge in [0.15, 0.2) is 0 Å². The van der Waals surface area contributed by atoms with Gasteiger partial charge in [-0.2, -0.15) is 0 Å². The fourth-order valence-corrected chi connectivity index (χ4v) is 3.85. The van der Waals surface area contributed by atoms with Gasteiger partial charge in [-0.15, -0.1) is 0 Å². The number of hydrogen-bond acceptors (Lipinski definition) is 5. The number of methoxy groups -OCH3 is 2. The molecule has 0 bridgehead atoms. The Hall–Kier alpha value is -3.15. The van der Waals surface area contributed by atoms with Gasteiger partial charge < -0.3 is 14.6 Å². The first kappa shape index (κ1) is 19.6. The third-order valence-corrected chi connectivity index (χ3v) is 4.91. The lowest BCUT2D eigenvalue weighted by Crippen LogP contribution is -2.40. The third kappa shape index (κ3) is 2.85. The minimum Gasteiger partial charge on any atom is -0.496 e. The Balaban J connectivity index is 2.42. The normalized spacial score (nSPS) is 18.2. The fraction of sp³-hybridized carbons (Fsp3) is 0.318. The second-order valence-electron chi connectivity index (χ2n) is 7.68. The summed E-state index contributed by atoms with van der Waals surface area (Å²) in [6, 6.07) is 12.1. The molecule has 1 atom stereocenters. The Bertz CT molecular complexity index is 1080. The topological polar surface area (TPSA) is 85.2 Å². The van der Waals surface area contributed by atoms with Crippen molar-refractivity contribution in [2.24, 2.45) is 10.4 Å². The molecule has 0 aromatic heterocycles. The average molecular weight is 381 g/mol. The Morgan fingerprint density at radius 3 is 2.32 bits per heavy atom. The summed E-state index contributed by atoms with van der Waals surface area (Å²) in [5, 5.41) is 11.8. The maximum Gasteiger partial charge on any atom is 0.341 e. The molecule has 0 amide bonds. The van der Waals surface area contributed by atoms with E-state index in [0.29, 0.717) is 22.2 Å². The van der Waals surface area contributed by atoms with E-state index < -0.39 is 22.9 Å². The van der Waals surface area contributed by atoms with Crippen LogP contribution in [0.5, 0.6) is 5.75 Å². The number of ether oxygens (including phenoxy) is 2. The maximum atomic E-state index is 12.7. The van der Waals surface area contributed by atoms with Crippen LogP contribution >= 0.6 is 0 Å². The zero-order valence-corrected chi connectivity index (χ0v) is 16.6. The number of benzene rings is 2.